The Kier molecular flexibility index (Phi) is 3.03. The van der Waals surface area contributed by atoms with Crippen LogP contribution < -0.4 is 5.32 Å². The molecule has 1 aromatic heterocycles. The zero-order valence-electron chi connectivity index (χ0n) is 9.70. The fraction of sp³-hybridized carbons (Fsp3) is 0.600. The summed E-state index contributed by atoms with van der Waals surface area (Å²) in [7, 11) is -2.94. The van der Waals surface area contributed by atoms with Crippen molar-refractivity contribution in [3.05, 3.63) is 17.0 Å². The minimum atomic E-state index is -2.94. The Morgan fingerprint density at radius 2 is 2.24 bits per heavy atom. The molecule has 0 saturated carbocycles. The third-order valence-electron chi connectivity index (χ3n) is 2.87. The molecule has 0 aliphatic carbocycles. The summed E-state index contributed by atoms with van der Waals surface area (Å²) in [5, 5.41) is 3.32. The minimum absolute atomic E-state index is 0.126. The van der Waals surface area contributed by atoms with Crippen LogP contribution in [0, 0.1) is 6.92 Å². The van der Waals surface area contributed by atoms with Crippen LogP contribution in [0.4, 0.5) is 5.82 Å². The SMILES string of the molecule is Cc1cnc(Cl)nc1NC1(C)CCS(=O)(=O)C1. The first-order chi connectivity index (χ1) is 7.80. The smallest absolute Gasteiger partial charge is 0.224 e. The van der Waals surface area contributed by atoms with Gasteiger partial charge in [-0.3, -0.25) is 0 Å². The zero-order valence-corrected chi connectivity index (χ0v) is 11.3. The number of nitrogens with one attached hydrogen (secondary N) is 1. The molecule has 1 aliphatic rings. The molecule has 0 bridgehead atoms. The maximum Gasteiger partial charge on any atom is 0.224 e. The summed E-state index contributed by atoms with van der Waals surface area (Å²) in [6, 6.07) is 0. The summed E-state index contributed by atoms with van der Waals surface area (Å²) in [5.41, 5.74) is 0.376. The van der Waals surface area contributed by atoms with E-state index < -0.39 is 15.4 Å². The van der Waals surface area contributed by atoms with Crippen LogP contribution in [0.3, 0.4) is 0 Å². The molecule has 2 heterocycles. The molecule has 1 atom stereocenters. The second kappa shape index (κ2) is 4.10. The van der Waals surface area contributed by atoms with Crippen molar-refractivity contribution in [2.24, 2.45) is 0 Å². The van der Waals surface area contributed by atoms with Gasteiger partial charge in [0.2, 0.25) is 5.28 Å². The number of anilines is 1. The van der Waals surface area contributed by atoms with Gasteiger partial charge in [0.25, 0.3) is 0 Å². The summed E-state index contributed by atoms with van der Waals surface area (Å²) in [4.78, 5) is 7.94. The second-order valence-electron chi connectivity index (χ2n) is 4.70. The van der Waals surface area contributed by atoms with Crippen LogP contribution in [0.5, 0.6) is 0 Å². The maximum atomic E-state index is 11.5. The third-order valence-corrected chi connectivity index (χ3v) is 4.95. The molecule has 17 heavy (non-hydrogen) atoms. The van der Waals surface area contributed by atoms with Gasteiger partial charge in [-0.05, 0) is 31.9 Å². The highest BCUT2D eigenvalue weighted by atomic mass is 35.5. The van der Waals surface area contributed by atoms with Crippen molar-refractivity contribution < 1.29 is 8.42 Å². The molecule has 5 nitrogen and oxygen atoms in total. The van der Waals surface area contributed by atoms with Gasteiger partial charge in [0.15, 0.2) is 9.84 Å². The van der Waals surface area contributed by atoms with E-state index in [1.54, 1.807) is 6.20 Å². The number of sulfone groups is 1. The van der Waals surface area contributed by atoms with Crippen LogP contribution in [-0.2, 0) is 9.84 Å². The Labute approximate surface area is 106 Å². The molecular weight excluding hydrogens is 262 g/mol. The van der Waals surface area contributed by atoms with E-state index in [9.17, 15) is 8.42 Å². The van der Waals surface area contributed by atoms with Crippen LogP contribution in [-0.4, -0.2) is 35.4 Å². The summed E-state index contributed by atoms with van der Waals surface area (Å²) in [6.07, 6.45) is 2.20. The average molecular weight is 276 g/mol. The molecule has 7 heteroatoms. The van der Waals surface area contributed by atoms with Crippen LogP contribution in [0.1, 0.15) is 18.9 Å². The van der Waals surface area contributed by atoms with Crippen LogP contribution in [0.15, 0.2) is 6.20 Å². The maximum absolute atomic E-state index is 11.5. The number of aromatic nitrogens is 2. The molecule has 1 aliphatic heterocycles. The highest BCUT2D eigenvalue weighted by molar-refractivity contribution is 7.91. The molecular formula is C10H14ClN3O2S. The van der Waals surface area contributed by atoms with Crippen LogP contribution in [0.25, 0.3) is 0 Å². The molecule has 0 aromatic carbocycles. The molecule has 94 valence electrons. The normalized spacial score (nSPS) is 27.0. The van der Waals surface area contributed by atoms with E-state index in [4.69, 9.17) is 11.6 Å². The molecule has 1 aromatic rings. The first kappa shape index (κ1) is 12.6. The van der Waals surface area contributed by atoms with Crippen molar-refractivity contribution in [3.63, 3.8) is 0 Å². The minimum Gasteiger partial charge on any atom is -0.363 e. The van der Waals surface area contributed by atoms with Gasteiger partial charge < -0.3 is 5.32 Å². The lowest BCUT2D eigenvalue weighted by Gasteiger charge is -2.25. The van der Waals surface area contributed by atoms with Crippen LogP contribution >= 0.6 is 11.6 Å². The Morgan fingerprint density at radius 3 is 2.82 bits per heavy atom. The van der Waals surface area contributed by atoms with Gasteiger partial charge >= 0.3 is 0 Å². The predicted molar refractivity (Wildman–Crippen MR) is 67.1 cm³/mol. The van der Waals surface area contributed by atoms with Gasteiger partial charge in [0.1, 0.15) is 5.82 Å². The predicted octanol–water partition coefficient (Wildman–Crippen LogP) is 1.43. The van der Waals surface area contributed by atoms with Gasteiger partial charge in [-0.15, -0.1) is 0 Å². The fourth-order valence-corrected chi connectivity index (χ4v) is 4.17. The number of rotatable bonds is 2. The fourth-order valence-electron chi connectivity index (χ4n) is 1.94. The number of halogens is 1. The van der Waals surface area contributed by atoms with E-state index >= 15 is 0 Å². The Morgan fingerprint density at radius 1 is 1.53 bits per heavy atom. The molecule has 1 N–H and O–H groups in total. The monoisotopic (exact) mass is 275 g/mol. The van der Waals surface area contributed by atoms with Crippen molar-refractivity contribution in [2.45, 2.75) is 25.8 Å². The van der Waals surface area contributed by atoms with Crippen molar-refractivity contribution >= 4 is 27.3 Å². The van der Waals surface area contributed by atoms with Gasteiger partial charge in [0.05, 0.1) is 17.0 Å². The van der Waals surface area contributed by atoms with Gasteiger partial charge in [-0.25, -0.2) is 18.4 Å². The molecule has 0 spiro atoms. The van der Waals surface area contributed by atoms with Crippen molar-refractivity contribution in [1.82, 2.24) is 9.97 Å². The zero-order chi connectivity index (χ0) is 12.7. The van der Waals surface area contributed by atoms with Gasteiger partial charge in [-0.1, -0.05) is 0 Å². The van der Waals surface area contributed by atoms with Crippen LogP contribution in [0.2, 0.25) is 5.28 Å². The molecule has 1 saturated heterocycles. The third kappa shape index (κ3) is 2.87. The molecule has 1 unspecified atom stereocenters. The van der Waals surface area contributed by atoms with Crippen molar-refractivity contribution in [2.75, 3.05) is 16.8 Å². The average Bonchev–Trinajstić information content (AvgIpc) is 2.47. The van der Waals surface area contributed by atoms with E-state index in [0.717, 1.165) is 5.56 Å². The van der Waals surface area contributed by atoms with Crippen molar-refractivity contribution in [1.29, 1.82) is 0 Å². The van der Waals surface area contributed by atoms with Crippen molar-refractivity contribution in [3.8, 4) is 0 Å². The first-order valence-corrected chi connectivity index (χ1v) is 7.47. The topological polar surface area (TPSA) is 72.0 Å². The Balaban J connectivity index is 2.24. The lowest BCUT2D eigenvalue weighted by molar-refractivity contribution is 0.571. The van der Waals surface area contributed by atoms with E-state index in [0.29, 0.717) is 12.2 Å². The van der Waals surface area contributed by atoms with Gasteiger partial charge in [-0.2, -0.15) is 0 Å². The van der Waals surface area contributed by atoms with E-state index in [2.05, 4.69) is 15.3 Å². The molecule has 0 radical (unpaired) electrons. The van der Waals surface area contributed by atoms with E-state index in [1.807, 2.05) is 13.8 Å². The Bertz CT molecular complexity index is 546. The first-order valence-electron chi connectivity index (χ1n) is 5.27. The lowest BCUT2D eigenvalue weighted by atomic mass is 10.0. The largest absolute Gasteiger partial charge is 0.363 e. The quantitative estimate of drug-likeness (QED) is 0.827. The van der Waals surface area contributed by atoms with Gasteiger partial charge in [0, 0.05) is 11.8 Å². The standard InChI is InChI=1S/C10H14ClN3O2S/c1-7-5-12-9(11)13-8(7)14-10(2)3-4-17(15,16)6-10/h5H,3-4,6H2,1-2H3,(H,12,13,14). The summed E-state index contributed by atoms with van der Waals surface area (Å²) >= 11 is 5.72. The molecule has 1 fully saturated rings. The molecule has 2 rings (SSSR count). The summed E-state index contributed by atoms with van der Waals surface area (Å²) in [5.74, 6) is 0.944. The lowest BCUT2D eigenvalue weighted by Crippen LogP contribution is -2.36. The number of nitrogens with zero attached hydrogens (tertiary/aromatic N) is 2. The number of hydrogen-bond donors (Lipinski definition) is 1. The van der Waals surface area contributed by atoms with E-state index in [-0.39, 0.29) is 16.8 Å². The summed E-state index contributed by atoms with van der Waals surface area (Å²) < 4.78 is 23.0. The van der Waals surface area contributed by atoms with E-state index in [1.165, 1.54) is 0 Å². The highest BCUT2D eigenvalue weighted by Gasteiger charge is 2.38. The molecule has 0 amide bonds. The summed E-state index contributed by atoms with van der Waals surface area (Å²) in [6.45, 7) is 3.73. The number of aryl methyl sites for hydroxylation is 1. The Hall–Kier alpha value is -0.880. The highest BCUT2D eigenvalue weighted by Crippen LogP contribution is 2.28. The second-order valence-corrected chi connectivity index (χ2v) is 7.22. The number of hydrogen-bond acceptors (Lipinski definition) is 5.